The number of benzene rings is 1. The van der Waals surface area contributed by atoms with E-state index in [1.807, 2.05) is 52.8 Å². The number of rotatable bonds is 6. The number of hydrogen-bond donors (Lipinski definition) is 1. The Hall–Kier alpha value is -3.49. The van der Waals surface area contributed by atoms with Crippen LogP contribution in [0.25, 0.3) is 11.6 Å². The van der Waals surface area contributed by atoms with Crippen LogP contribution in [-0.2, 0) is 16.1 Å². The zero-order valence-corrected chi connectivity index (χ0v) is 17.8. The summed E-state index contributed by atoms with van der Waals surface area (Å²) in [6.45, 7) is 9.14. The van der Waals surface area contributed by atoms with Gasteiger partial charge in [0.05, 0.1) is 0 Å². The molecule has 0 fully saturated rings. The van der Waals surface area contributed by atoms with E-state index < -0.39 is 5.54 Å². The second-order valence-electron chi connectivity index (χ2n) is 8.17. The lowest BCUT2D eigenvalue weighted by atomic mass is 10.1. The molecule has 1 N–H and O–H groups in total. The van der Waals surface area contributed by atoms with Crippen LogP contribution in [0.2, 0.25) is 0 Å². The minimum absolute atomic E-state index is 0.113. The number of amides is 2. The lowest BCUT2D eigenvalue weighted by molar-refractivity contribution is -0.125. The van der Waals surface area contributed by atoms with Crippen molar-refractivity contribution in [3.05, 3.63) is 47.7 Å². The topological polar surface area (TPSA) is 106 Å². The van der Waals surface area contributed by atoms with Crippen LogP contribution in [0.4, 0.5) is 5.69 Å². The Bertz CT molecular complexity index is 1050. The van der Waals surface area contributed by atoms with Gasteiger partial charge in [-0.25, -0.2) is 0 Å². The van der Waals surface area contributed by atoms with Crippen LogP contribution in [0.5, 0.6) is 0 Å². The van der Waals surface area contributed by atoms with Gasteiger partial charge in [-0.1, -0.05) is 12.1 Å². The van der Waals surface area contributed by atoms with E-state index in [4.69, 9.17) is 4.42 Å². The molecule has 158 valence electrons. The molecule has 0 radical (unpaired) electrons. The molecule has 0 saturated carbocycles. The average Bonchev–Trinajstić information content (AvgIpc) is 3.27. The summed E-state index contributed by atoms with van der Waals surface area (Å²) in [4.78, 5) is 28.2. The largest absolute Gasteiger partial charge is 0.458 e. The third-order valence-corrected chi connectivity index (χ3v) is 4.12. The van der Waals surface area contributed by atoms with Gasteiger partial charge in [-0.15, -0.1) is 10.2 Å². The zero-order chi connectivity index (χ0) is 21.9. The van der Waals surface area contributed by atoms with Gasteiger partial charge in [0.1, 0.15) is 18.8 Å². The van der Waals surface area contributed by atoms with Gasteiger partial charge in [0.2, 0.25) is 11.7 Å². The van der Waals surface area contributed by atoms with Crippen molar-refractivity contribution in [2.24, 2.45) is 0 Å². The molecule has 0 atom stereocenters. The Balaban J connectivity index is 1.79. The van der Waals surface area contributed by atoms with Gasteiger partial charge < -0.3 is 14.6 Å². The van der Waals surface area contributed by atoms with Crippen molar-refractivity contribution in [3.8, 4) is 11.6 Å². The summed E-state index contributed by atoms with van der Waals surface area (Å²) in [6, 6.07) is 11.0. The molecule has 0 saturated heterocycles. The van der Waals surface area contributed by atoms with E-state index in [0.29, 0.717) is 17.3 Å². The highest BCUT2D eigenvalue weighted by Crippen LogP contribution is 2.18. The van der Waals surface area contributed by atoms with Gasteiger partial charge in [0, 0.05) is 11.2 Å². The van der Waals surface area contributed by atoms with E-state index >= 15 is 0 Å². The monoisotopic (exact) mass is 410 g/mol. The van der Waals surface area contributed by atoms with Gasteiger partial charge in [-0.05, 0) is 69.7 Å². The molecule has 0 spiro atoms. The van der Waals surface area contributed by atoms with Crippen LogP contribution in [0.15, 0.2) is 40.8 Å². The summed E-state index contributed by atoms with van der Waals surface area (Å²) < 4.78 is 5.49. The van der Waals surface area contributed by atoms with Crippen molar-refractivity contribution in [1.82, 2.24) is 25.5 Å². The molecule has 9 heteroatoms. The maximum absolute atomic E-state index is 13.1. The second kappa shape index (κ2) is 8.48. The molecule has 3 rings (SSSR count). The van der Waals surface area contributed by atoms with E-state index in [1.54, 1.807) is 18.2 Å². The molecule has 30 heavy (non-hydrogen) atoms. The number of anilines is 1. The minimum Gasteiger partial charge on any atom is -0.458 e. The maximum atomic E-state index is 13.1. The first kappa shape index (κ1) is 21.2. The lowest BCUT2D eigenvalue weighted by Gasteiger charge is -2.26. The number of carbonyl (C=O) groups excluding carboxylic acids is 2. The molecular formula is C21H26N6O3. The number of nitrogens with zero attached hydrogens (tertiary/aromatic N) is 5. The second-order valence-corrected chi connectivity index (χ2v) is 8.17. The Morgan fingerprint density at radius 1 is 1.17 bits per heavy atom. The van der Waals surface area contributed by atoms with E-state index in [0.717, 1.165) is 11.3 Å². The smallest absolute Gasteiger partial charge is 0.251 e. The SMILES string of the molecule is Cc1cccc(N(CC(=O)NC(C)(C)C)C(=O)Cn2nnc(-c3ccc(C)o3)n2)c1. The van der Waals surface area contributed by atoms with Crippen molar-refractivity contribution >= 4 is 17.5 Å². The molecule has 0 aliphatic heterocycles. The summed E-state index contributed by atoms with van der Waals surface area (Å²) in [5, 5.41) is 15.0. The molecule has 3 aromatic rings. The molecule has 9 nitrogen and oxygen atoms in total. The third kappa shape index (κ3) is 5.53. The van der Waals surface area contributed by atoms with Gasteiger partial charge in [-0.3, -0.25) is 9.59 Å². The van der Waals surface area contributed by atoms with Gasteiger partial charge in [0.25, 0.3) is 5.91 Å². The molecule has 0 unspecified atom stereocenters. The molecule has 2 amide bonds. The minimum atomic E-state index is -0.401. The summed E-state index contributed by atoms with van der Waals surface area (Å²) >= 11 is 0. The number of aromatic nitrogens is 4. The standard InChI is InChI=1S/C21H26N6O3/c1-14-7-6-8-16(11-14)26(12-18(28)22-21(3,4)5)19(29)13-27-24-20(23-25-27)17-10-9-15(2)30-17/h6-11H,12-13H2,1-5H3,(H,22,28). The van der Waals surface area contributed by atoms with Crippen LogP contribution in [-0.4, -0.2) is 44.1 Å². The van der Waals surface area contributed by atoms with Crippen molar-refractivity contribution in [2.45, 2.75) is 46.7 Å². The van der Waals surface area contributed by atoms with Crippen LogP contribution in [0.1, 0.15) is 32.1 Å². The number of hydrogen-bond acceptors (Lipinski definition) is 6. The Kier molecular flexibility index (Phi) is 6.00. The summed E-state index contributed by atoms with van der Waals surface area (Å²) in [6.07, 6.45) is 0. The number of carbonyl (C=O) groups is 2. The first-order chi connectivity index (χ1) is 14.1. The van der Waals surface area contributed by atoms with Gasteiger partial charge in [0.15, 0.2) is 5.76 Å². The molecule has 2 heterocycles. The summed E-state index contributed by atoms with van der Waals surface area (Å²) in [5.74, 6) is 0.919. The fourth-order valence-corrected chi connectivity index (χ4v) is 2.89. The first-order valence-electron chi connectivity index (χ1n) is 9.63. The number of nitrogens with one attached hydrogen (secondary N) is 1. The van der Waals surface area contributed by atoms with E-state index in [2.05, 4.69) is 20.7 Å². The van der Waals surface area contributed by atoms with Crippen molar-refractivity contribution in [3.63, 3.8) is 0 Å². The van der Waals surface area contributed by atoms with E-state index in [1.165, 1.54) is 9.70 Å². The number of aryl methyl sites for hydroxylation is 2. The highest BCUT2D eigenvalue weighted by Gasteiger charge is 2.23. The maximum Gasteiger partial charge on any atom is 0.251 e. The van der Waals surface area contributed by atoms with Crippen molar-refractivity contribution in [2.75, 3.05) is 11.4 Å². The number of furan rings is 1. The molecular weight excluding hydrogens is 384 g/mol. The van der Waals surface area contributed by atoms with Crippen LogP contribution < -0.4 is 10.2 Å². The van der Waals surface area contributed by atoms with Crippen LogP contribution >= 0.6 is 0 Å². The quantitative estimate of drug-likeness (QED) is 0.669. The first-order valence-corrected chi connectivity index (χ1v) is 9.63. The number of tetrazole rings is 1. The fourth-order valence-electron chi connectivity index (χ4n) is 2.89. The van der Waals surface area contributed by atoms with Gasteiger partial charge in [-0.2, -0.15) is 4.80 Å². The van der Waals surface area contributed by atoms with Crippen molar-refractivity contribution in [1.29, 1.82) is 0 Å². The highest BCUT2D eigenvalue weighted by molar-refractivity contribution is 5.98. The molecule has 0 bridgehead atoms. The Morgan fingerprint density at radius 3 is 2.57 bits per heavy atom. The Morgan fingerprint density at radius 2 is 1.93 bits per heavy atom. The predicted molar refractivity (Wildman–Crippen MR) is 112 cm³/mol. The van der Waals surface area contributed by atoms with E-state index in [-0.39, 0.29) is 24.9 Å². The normalized spacial score (nSPS) is 11.4. The Labute approximate surface area is 175 Å². The lowest BCUT2D eigenvalue weighted by Crippen LogP contribution is -2.48. The predicted octanol–water partition coefficient (Wildman–Crippen LogP) is 2.50. The zero-order valence-electron chi connectivity index (χ0n) is 17.8. The average molecular weight is 410 g/mol. The molecule has 2 aromatic heterocycles. The summed E-state index contributed by atoms with van der Waals surface area (Å²) in [5.41, 5.74) is 1.21. The highest BCUT2D eigenvalue weighted by atomic mass is 16.3. The van der Waals surface area contributed by atoms with Gasteiger partial charge >= 0.3 is 0 Å². The van der Waals surface area contributed by atoms with Crippen LogP contribution in [0, 0.1) is 13.8 Å². The fraction of sp³-hybridized carbons (Fsp3) is 0.381. The molecule has 0 aliphatic rings. The summed E-state index contributed by atoms with van der Waals surface area (Å²) in [7, 11) is 0. The molecule has 0 aliphatic carbocycles. The van der Waals surface area contributed by atoms with E-state index in [9.17, 15) is 9.59 Å². The molecule has 1 aromatic carbocycles. The van der Waals surface area contributed by atoms with Crippen molar-refractivity contribution < 1.29 is 14.0 Å². The third-order valence-electron chi connectivity index (χ3n) is 4.12. The van der Waals surface area contributed by atoms with Crippen LogP contribution in [0.3, 0.4) is 0 Å².